The Bertz CT molecular complexity index is 902. The van der Waals surface area contributed by atoms with Gasteiger partial charge in [0.15, 0.2) is 11.6 Å². The Morgan fingerprint density at radius 3 is 2.00 bits per heavy atom. The maximum Gasteiger partial charge on any atom is 0.162 e. The SMILES string of the molecule is C=C(/C=C(/F)C(=C)/C=C/C1CCC(c2ccc(C3CCC(O)CC3)c(F)c2F)CC1)OCC. The van der Waals surface area contributed by atoms with Crippen molar-refractivity contribution in [2.75, 3.05) is 6.61 Å². The molecule has 0 aromatic heterocycles. The number of aliphatic hydroxyl groups excluding tert-OH is 1. The van der Waals surface area contributed by atoms with E-state index >= 15 is 0 Å². The summed E-state index contributed by atoms with van der Waals surface area (Å²) < 4.78 is 49.1. The number of benzene rings is 1. The quantitative estimate of drug-likeness (QED) is 0.317. The van der Waals surface area contributed by atoms with E-state index < -0.39 is 17.5 Å². The molecule has 2 nitrogen and oxygen atoms in total. The van der Waals surface area contributed by atoms with Crippen molar-refractivity contribution in [1.29, 1.82) is 0 Å². The Hall–Kier alpha value is -2.27. The van der Waals surface area contributed by atoms with E-state index in [-0.39, 0.29) is 35.2 Å². The van der Waals surface area contributed by atoms with Gasteiger partial charge in [0.2, 0.25) is 0 Å². The number of halogens is 3. The fraction of sp³-hybridized carbons (Fsp3) is 0.500. The van der Waals surface area contributed by atoms with Crippen LogP contribution in [0.1, 0.15) is 81.3 Å². The smallest absolute Gasteiger partial charge is 0.162 e. The van der Waals surface area contributed by atoms with Crippen LogP contribution in [0.4, 0.5) is 13.2 Å². The molecule has 0 spiro atoms. The molecule has 3 rings (SSSR count). The molecule has 33 heavy (non-hydrogen) atoms. The van der Waals surface area contributed by atoms with Crippen molar-refractivity contribution in [3.05, 3.63) is 83.4 Å². The molecule has 0 aliphatic heterocycles. The summed E-state index contributed by atoms with van der Waals surface area (Å²) in [5, 5.41) is 9.68. The molecule has 0 radical (unpaired) electrons. The van der Waals surface area contributed by atoms with Gasteiger partial charge in [-0.2, -0.15) is 0 Å². The molecule has 0 heterocycles. The van der Waals surface area contributed by atoms with Crippen LogP contribution in [0.15, 0.2) is 60.7 Å². The number of ether oxygens (including phenoxy) is 1. The molecular weight excluding hydrogens is 425 g/mol. The van der Waals surface area contributed by atoms with Gasteiger partial charge in [-0.25, -0.2) is 13.2 Å². The fourth-order valence-electron chi connectivity index (χ4n) is 5.01. The summed E-state index contributed by atoms with van der Waals surface area (Å²) in [6.45, 7) is 9.61. The summed E-state index contributed by atoms with van der Waals surface area (Å²) in [4.78, 5) is 0. The Morgan fingerprint density at radius 1 is 0.970 bits per heavy atom. The summed E-state index contributed by atoms with van der Waals surface area (Å²) in [6.07, 6.45) is 10.4. The highest BCUT2D eigenvalue weighted by molar-refractivity contribution is 5.36. The molecule has 5 heteroatoms. The fourth-order valence-corrected chi connectivity index (χ4v) is 5.01. The second kappa shape index (κ2) is 11.7. The van der Waals surface area contributed by atoms with E-state index in [1.165, 1.54) is 6.08 Å². The highest BCUT2D eigenvalue weighted by Crippen LogP contribution is 2.41. The largest absolute Gasteiger partial charge is 0.494 e. The Labute approximate surface area is 195 Å². The second-order valence-electron chi connectivity index (χ2n) is 9.27. The highest BCUT2D eigenvalue weighted by atomic mass is 19.2. The van der Waals surface area contributed by atoms with Crippen LogP contribution >= 0.6 is 0 Å². The molecule has 2 aliphatic rings. The summed E-state index contributed by atoms with van der Waals surface area (Å²) in [5.41, 5.74) is 1.17. The van der Waals surface area contributed by atoms with Gasteiger partial charge in [-0.1, -0.05) is 37.4 Å². The lowest BCUT2D eigenvalue weighted by atomic mass is 9.77. The van der Waals surface area contributed by atoms with Gasteiger partial charge in [-0.3, -0.25) is 0 Å². The first-order valence-corrected chi connectivity index (χ1v) is 12.0. The summed E-state index contributed by atoms with van der Waals surface area (Å²) >= 11 is 0. The standard InChI is InChI=1S/C28H35F3O2/c1-4-33-19(3)17-26(29)18(2)5-6-20-7-9-21(10-8-20)24-15-16-25(28(31)27(24)30)22-11-13-23(32)14-12-22/h5-6,15-17,20-23,32H,2-4,7-14H2,1H3/b6-5+,26-17+. The molecule has 2 saturated carbocycles. The monoisotopic (exact) mass is 460 g/mol. The zero-order chi connectivity index (χ0) is 24.0. The van der Waals surface area contributed by atoms with Crippen LogP contribution < -0.4 is 0 Å². The molecule has 1 N–H and O–H groups in total. The van der Waals surface area contributed by atoms with Crippen LogP contribution in [-0.4, -0.2) is 17.8 Å². The van der Waals surface area contributed by atoms with E-state index in [1.807, 2.05) is 6.08 Å². The Balaban J connectivity index is 1.57. The third-order valence-electron chi connectivity index (χ3n) is 6.98. The third-order valence-corrected chi connectivity index (χ3v) is 6.98. The van der Waals surface area contributed by atoms with Crippen molar-refractivity contribution >= 4 is 0 Å². The van der Waals surface area contributed by atoms with Gasteiger partial charge in [0.25, 0.3) is 0 Å². The molecule has 180 valence electrons. The molecule has 1 aromatic rings. The Kier molecular flexibility index (Phi) is 9.02. The minimum Gasteiger partial charge on any atom is -0.494 e. The highest BCUT2D eigenvalue weighted by Gasteiger charge is 2.29. The first-order valence-electron chi connectivity index (χ1n) is 12.0. The molecule has 0 bridgehead atoms. The predicted octanol–water partition coefficient (Wildman–Crippen LogP) is 7.77. The number of allylic oxidation sites excluding steroid dienone is 5. The van der Waals surface area contributed by atoms with Crippen molar-refractivity contribution in [1.82, 2.24) is 0 Å². The molecule has 0 saturated heterocycles. The third kappa shape index (κ3) is 6.63. The van der Waals surface area contributed by atoms with Crippen molar-refractivity contribution in [3.8, 4) is 0 Å². The summed E-state index contributed by atoms with van der Waals surface area (Å²) in [5.74, 6) is -1.45. The number of hydrogen-bond donors (Lipinski definition) is 1. The van der Waals surface area contributed by atoms with Crippen molar-refractivity contribution in [3.63, 3.8) is 0 Å². The van der Waals surface area contributed by atoms with Crippen LogP contribution in [0, 0.1) is 17.6 Å². The molecule has 2 fully saturated rings. The first kappa shape index (κ1) is 25.4. The molecule has 2 aliphatic carbocycles. The van der Waals surface area contributed by atoms with E-state index in [1.54, 1.807) is 25.1 Å². The molecule has 0 atom stereocenters. The summed E-state index contributed by atoms with van der Waals surface area (Å²) in [6, 6.07) is 3.50. The number of aliphatic hydroxyl groups is 1. The van der Waals surface area contributed by atoms with Crippen LogP contribution in [0.2, 0.25) is 0 Å². The lowest BCUT2D eigenvalue weighted by Gasteiger charge is -2.29. The Morgan fingerprint density at radius 2 is 1.48 bits per heavy atom. The maximum absolute atomic E-state index is 15.0. The minimum absolute atomic E-state index is 0.0132. The normalized spacial score (nSPS) is 26.4. The van der Waals surface area contributed by atoms with Gasteiger partial charge < -0.3 is 9.84 Å². The van der Waals surface area contributed by atoms with Gasteiger partial charge in [-0.15, -0.1) is 0 Å². The number of hydrogen-bond acceptors (Lipinski definition) is 2. The van der Waals surface area contributed by atoms with Gasteiger partial charge >= 0.3 is 0 Å². The van der Waals surface area contributed by atoms with Crippen molar-refractivity contribution in [2.45, 2.75) is 76.2 Å². The van der Waals surface area contributed by atoms with E-state index in [9.17, 15) is 18.3 Å². The average Bonchev–Trinajstić information content (AvgIpc) is 2.80. The first-order chi connectivity index (χ1) is 15.8. The van der Waals surface area contributed by atoms with Crippen LogP contribution in [0.25, 0.3) is 0 Å². The minimum atomic E-state index is -0.719. The second-order valence-corrected chi connectivity index (χ2v) is 9.27. The van der Waals surface area contributed by atoms with Crippen molar-refractivity contribution in [2.24, 2.45) is 5.92 Å². The maximum atomic E-state index is 15.0. The lowest BCUT2D eigenvalue weighted by molar-refractivity contribution is 0.122. The zero-order valence-electron chi connectivity index (χ0n) is 19.5. The lowest BCUT2D eigenvalue weighted by Crippen LogP contribution is -2.19. The van der Waals surface area contributed by atoms with E-state index in [4.69, 9.17) is 4.74 Å². The van der Waals surface area contributed by atoms with Crippen LogP contribution in [0.5, 0.6) is 0 Å². The zero-order valence-corrected chi connectivity index (χ0v) is 19.5. The van der Waals surface area contributed by atoms with E-state index in [2.05, 4.69) is 13.2 Å². The van der Waals surface area contributed by atoms with Gasteiger partial charge in [0, 0.05) is 11.6 Å². The van der Waals surface area contributed by atoms with Crippen LogP contribution in [-0.2, 0) is 4.74 Å². The predicted molar refractivity (Wildman–Crippen MR) is 127 cm³/mol. The molecule has 0 amide bonds. The van der Waals surface area contributed by atoms with E-state index in [0.29, 0.717) is 43.4 Å². The molecular formula is C28H35F3O2. The summed E-state index contributed by atoms with van der Waals surface area (Å²) in [7, 11) is 0. The van der Waals surface area contributed by atoms with Crippen molar-refractivity contribution < 1.29 is 23.0 Å². The van der Waals surface area contributed by atoms with Crippen LogP contribution in [0.3, 0.4) is 0 Å². The van der Waals surface area contributed by atoms with Gasteiger partial charge in [0.05, 0.1) is 12.7 Å². The van der Waals surface area contributed by atoms with Gasteiger partial charge in [-0.05, 0) is 87.2 Å². The molecule has 0 unspecified atom stereocenters. The topological polar surface area (TPSA) is 29.5 Å². The molecule has 1 aromatic carbocycles. The average molecular weight is 461 g/mol. The van der Waals surface area contributed by atoms with E-state index in [0.717, 1.165) is 25.7 Å². The number of rotatable bonds is 8. The van der Waals surface area contributed by atoms with Gasteiger partial charge in [0.1, 0.15) is 11.6 Å².